The second-order valence-corrected chi connectivity index (χ2v) is 18.6. The van der Waals surface area contributed by atoms with Crippen LogP contribution in [0.3, 0.4) is 0 Å². The van der Waals surface area contributed by atoms with Crippen LogP contribution in [0.2, 0.25) is 0 Å². The van der Waals surface area contributed by atoms with Crippen molar-refractivity contribution in [3.05, 3.63) is 167 Å². The molecule has 3 aliphatic heterocycles. The van der Waals surface area contributed by atoms with Crippen LogP contribution in [0.5, 0.6) is 11.5 Å². The lowest BCUT2D eigenvalue weighted by atomic mass is 9.90. The fourth-order valence-electron chi connectivity index (χ4n) is 9.99. The number of ether oxygens (including phenoxy) is 2. The van der Waals surface area contributed by atoms with E-state index in [1.165, 1.54) is 56.8 Å². The van der Waals surface area contributed by atoms with Crippen molar-refractivity contribution in [3.63, 3.8) is 0 Å². The first-order valence-electron chi connectivity index (χ1n) is 21.0. The second kappa shape index (κ2) is 14.9. The van der Waals surface area contributed by atoms with Crippen molar-refractivity contribution in [3.8, 4) is 33.8 Å². The Bertz CT molecular complexity index is 2500. The average molecular weight is 767 g/mol. The van der Waals surface area contributed by atoms with Crippen LogP contribution in [0, 0.1) is 13.8 Å². The molecular weight excluding hydrogens is 716 g/mol. The number of hydrogen-bond donors (Lipinski definition) is 0. The minimum absolute atomic E-state index is 0.300. The maximum atomic E-state index is 7.32. The van der Waals surface area contributed by atoms with Crippen molar-refractivity contribution < 1.29 is 18.6 Å². The van der Waals surface area contributed by atoms with Crippen molar-refractivity contribution in [2.24, 2.45) is 0 Å². The third kappa shape index (κ3) is 6.34. The van der Waals surface area contributed by atoms with Gasteiger partial charge in [0.05, 0.1) is 11.1 Å². The summed E-state index contributed by atoms with van der Waals surface area (Å²) in [6, 6.07) is 48.9. The molecule has 4 aliphatic rings. The molecular formula is C52H51N2O2P+2. The Labute approximate surface area is 338 Å². The molecule has 1 saturated carbocycles. The third-order valence-corrected chi connectivity index (χ3v) is 15.1. The van der Waals surface area contributed by atoms with Gasteiger partial charge < -0.3 is 9.47 Å². The number of hydrogen-bond acceptors (Lipinski definition) is 2. The molecule has 284 valence electrons. The van der Waals surface area contributed by atoms with E-state index in [1.54, 1.807) is 0 Å². The summed E-state index contributed by atoms with van der Waals surface area (Å²) >= 11 is 0. The monoisotopic (exact) mass is 766 g/mol. The maximum absolute atomic E-state index is 7.32. The topological polar surface area (TPSA) is 24.5 Å². The summed E-state index contributed by atoms with van der Waals surface area (Å²) in [5.41, 5.74) is 12.4. The highest BCUT2D eigenvalue weighted by Crippen LogP contribution is 2.47. The predicted molar refractivity (Wildman–Crippen MR) is 236 cm³/mol. The van der Waals surface area contributed by atoms with E-state index in [9.17, 15) is 0 Å². The quantitative estimate of drug-likeness (QED) is 0.108. The summed E-state index contributed by atoms with van der Waals surface area (Å²) in [5.74, 6) is 1.82. The average Bonchev–Trinajstić information content (AvgIpc) is 3.52. The zero-order valence-corrected chi connectivity index (χ0v) is 34.2. The van der Waals surface area contributed by atoms with Gasteiger partial charge in [0.1, 0.15) is 0 Å². The summed E-state index contributed by atoms with van der Waals surface area (Å²) in [6.45, 7) is 6.65. The smallest absolute Gasteiger partial charge is 0.340 e. The summed E-state index contributed by atoms with van der Waals surface area (Å²) in [5, 5.41) is 2.86. The SMILES string of the molecule is CCCc1ccccc1-c1cc(C)c2c(c1)C=[N+]1C3CCCCC3[N+]3=Cc4cc(-c5ccccc5CCP(c5ccccc5)c5ccccc5)cc(C)c4OC13O2. The minimum atomic E-state index is -1.05. The molecule has 0 amide bonds. The van der Waals surface area contributed by atoms with E-state index in [1.807, 2.05) is 0 Å². The Morgan fingerprint density at radius 2 is 1.04 bits per heavy atom. The first-order valence-corrected chi connectivity index (χ1v) is 22.5. The molecule has 0 N–H and O–H groups in total. The van der Waals surface area contributed by atoms with Crippen LogP contribution in [0.25, 0.3) is 22.3 Å². The molecule has 0 aromatic heterocycles. The number of benzene rings is 6. The van der Waals surface area contributed by atoms with Gasteiger partial charge in [-0.15, -0.1) is 0 Å². The van der Waals surface area contributed by atoms with Crippen molar-refractivity contribution in [1.29, 1.82) is 0 Å². The molecule has 3 unspecified atom stereocenters. The van der Waals surface area contributed by atoms with Crippen LogP contribution in [-0.2, 0) is 12.8 Å². The number of nitrogens with zero attached hydrogens (tertiary/aromatic N) is 2. The molecule has 0 radical (unpaired) electrons. The molecule has 0 bridgehead atoms. The van der Waals surface area contributed by atoms with E-state index in [0.717, 1.165) is 72.0 Å². The lowest BCUT2D eigenvalue weighted by molar-refractivity contribution is -0.866. The number of fused-ring (bicyclic) bond motifs is 5. The van der Waals surface area contributed by atoms with Crippen molar-refractivity contribution in [2.45, 2.75) is 83.8 Å². The van der Waals surface area contributed by atoms with Crippen LogP contribution < -0.4 is 20.1 Å². The lowest BCUT2D eigenvalue weighted by Crippen LogP contribution is -2.60. The Hall–Kier alpha value is -5.31. The van der Waals surface area contributed by atoms with E-state index < -0.39 is 14.0 Å². The molecule has 6 aromatic carbocycles. The van der Waals surface area contributed by atoms with Crippen LogP contribution >= 0.6 is 7.92 Å². The van der Waals surface area contributed by atoms with Gasteiger partial charge in [-0.1, -0.05) is 132 Å². The van der Waals surface area contributed by atoms with Gasteiger partial charge in [-0.25, -0.2) is 0 Å². The van der Waals surface area contributed by atoms with Crippen LogP contribution in [0.4, 0.5) is 0 Å². The zero-order chi connectivity index (χ0) is 38.5. The Morgan fingerprint density at radius 3 is 1.53 bits per heavy atom. The van der Waals surface area contributed by atoms with E-state index in [2.05, 4.69) is 176 Å². The van der Waals surface area contributed by atoms with Crippen LogP contribution in [0.15, 0.2) is 133 Å². The molecule has 57 heavy (non-hydrogen) atoms. The molecule has 1 spiro atoms. The molecule has 3 atom stereocenters. The van der Waals surface area contributed by atoms with Crippen LogP contribution in [-0.4, -0.2) is 45.9 Å². The van der Waals surface area contributed by atoms with Crippen molar-refractivity contribution >= 4 is 31.0 Å². The predicted octanol–water partition coefficient (Wildman–Crippen LogP) is 10.5. The van der Waals surface area contributed by atoms with Crippen LogP contribution in [0.1, 0.15) is 72.4 Å². The van der Waals surface area contributed by atoms with Gasteiger partial charge in [0.15, 0.2) is 23.9 Å². The van der Waals surface area contributed by atoms with E-state index in [4.69, 9.17) is 9.47 Å². The van der Waals surface area contributed by atoms with E-state index in [-0.39, 0.29) is 0 Å². The molecule has 6 aromatic rings. The Balaban J connectivity index is 1.02. The second-order valence-electron chi connectivity index (χ2n) is 16.3. The van der Waals surface area contributed by atoms with Gasteiger partial charge in [-0.3, -0.25) is 0 Å². The summed E-state index contributed by atoms with van der Waals surface area (Å²) in [6.07, 6.45) is 13.7. The first-order chi connectivity index (χ1) is 28.0. The van der Waals surface area contributed by atoms with E-state index >= 15 is 0 Å². The van der Waals surface area contributed by atoms with Gasteiger partial charge in [0, 0.05) is 12.8 Å². The molecule has 1 saturated heterocycles. The highest BCUT2D eigenvalue weighted by Gasteiger charge is 2.76. The van der Waals surface area contributed by atoms with Crippen molar-refractivity contribution in [1.82, 2.24) is 0 Å². The Morgan fingerprint density at radius 1 is 0.579 bits per heavy atom. The zero-order valence-electron chi connectivity index (χ0n) is 33.3. The van der Waals surface area contributed by atoms with Gasteiger partial charge in [0.2, 0.25) is 12.1 Å². The summed E-state index contributed by atoms with van der Waals surface area (Å²) < 4.78 is 19.5. The highest BCUT2D eigenvalue weighted by atomic mass is 31.1. The van der Waals surface area contributed by atoms with E-state index in [0.29, 0.717) is 12.1 Å². The Kier molecular flexibility index (Phi) is 9.42. The van der Waals surface area contributed by atoms with Crippen molar-refractivity contribution in [2.75, 3.05) is 6.16 Å². The molecule has 1 aliphatic carbocycles. The fourth-order valence-corrected chi connectivity index (χ4v) is 12.3. The lowest BCUT2D eigenvalue weighted by Gasteiger charge is -2.29. The molecule has 4 nitrogen and oxygen atoms in total. The largest absolute Gasteiger partial charge is 0.704 e. The van der Waals surface area contributed by atoms with Gasteiger partial charge in [-0.05, 0) is 133 Å². The number of aryl methyl sites for hydroxylation is 4. The maximum Gasteiger partial charge on any atom is 0.704 e. The van der Waals surface area contributed by atoms with Gasteiger partial charge in [0.25, 0.3) is 0 Å². The number of rotatable bonds is 9. The summed E-state index contributed by atoms with van der Waals surface area (Å²) in [4.78, 5) is 0. The van der Waals surface area contributed by atoms with Gasteiger partial charge in [-0.2, -0.15) is 0 Å². The molecule has 10 rings (SSSR count). The molecule has 5 heteroatoms. The summed E-state index contributed by atoms with van der Waals surface area (Å²) in [7, 11) is -0.485. The first kappa shape index (κ1) is 36.1. The molecule has 3 heterocycles. The standard InChI is InChI=1S/C52H51N2O2P/c1-4-17-38-18-11-13-24-46(38)40-30-36(2)50-42(32-40)34-53-48-26-15-16-27-49(48)54-35-43-33-41(31-37(3)51(43)56-52(53,54)55-50)47-25-14-12-19-39(47)28-29-57(44-20-7-5-8-21-44)45-22-9-6-10-23-45/h5-14,18-25,30-35,48-49H,4,15-17,26-29H2,1-3H3/q+2. The molecule has 2 fully saturated rings. The van der Waals surface area contributed by atoms with Gasteiger partial charge >= 0.3 is 6.03 Å². The third-order valence-electron chi connectivity index (χ3n) is 12.6. The minimum Gasteiger partial charge on any atom is -0.340 e. The fraction of sp³-hybridized carbons (Fsp3) is 0.269. The highest BCUT2D eigenvalue weighted by molar-refractivity contribution is 7.73. The normalized spacial score (nSPS) is 20.2.